The Morgan fingerprint density at radius 3 is 2.41 bits per heavy atom. The number of amides is 1. The van der Waals surface area contributed by atoms with E-state index < -0.39 is 5.91 Å². The summed E-state index contributed by atoms with van der Waals surface area (Å²) < 4.78 is 10.1. The van der Waals surface area contributed by atoms with E-state index in [-0.39, 0.29) is 19.0 Å². The Morgan fingerprint density at radius 1 is 1.24 bits per heavy atom. The molecule has 0 saturated carbocycles. The van der Waals surface area contributed by atoms with E-state index >= 15 is 0 Å². The number of carbonyl (C=O) groups excluding carboxylic acids is 2. The molecule has 0 heterocycles. The Kier molecular flexibility index (Phi) is 5.00. The number of hydrogen-bond donors (Lipinski definition) is 1. The SMILES string of the molecule is CCOC(=O)CCOc1ccc(C(N)=O)cc1. The molecule has 0 aliphatic carbocycles. The van der Waals surface area contributed by atoms with Crippen molar-refractivity contribution in [2.24, 2.45) is 5.73 Å². The average molecular weight is 237 g/mol. The molecule has 0 aromatic heterocycles. The summed E-state index contributed by atoms with van der Waals surface area (Å²) in [5.41, 5.74) is 5.52. The van der Waals surface area contributed by atoms with Crippen LogP contribution in [0.15, 0.2) is 24.3 Å². The number of esters is 1. The van der Waals surface area contributed by atoms with E-state index in [1.54, 1.807) is 31.2 Å². The minimum atomic E-state index is -0.483. The second-order valence-corrected chi connectivity index (χ2v) is 3.29. The molecule has 0 fully saturated rings. The van der Waals surface area contributed by atoms with Gasteiger partial charge >= 0.3 is 5.97 Å². The van der Waals surface area contributed by atoms with Crippen LogP contribution in [0.3, 0.4) is 0 Å². The molecule has 0 aliphatic rings. The van der Waals surface area contributed by atoms with E-state index in [2.05, 4.69) is 0 Å². The maximum absolute atomic E-state index is 11.0. The van der Waals surface area contributed by atoms with E-state index in [0.29, 0.717) is 17.9 Å². The number of primary amides is 1. The Labute approximate surface area is 99.5 Å². The molecule has 0 saturated heterocycles. The molecule has 17 heavy (non-hydrogen) atoms. The van der Waals surface area contributed by atoms with E-state index in [4.69, 9.17) is 15.2 Å². The summed E-state index contributed by atoms with van der Waals surface area (Å²) in [5, 5.41) is 0. The van der Waals surface area contributed by atoms with Crippen LogP contribution in [-0.2, 0) is 9.53 Å². The Bertz CT molecular complexity index is 386. The average Bonchev–Trinajstić information content (AvgIpc) is 2.30. The van der Waals surface area contributed by atoms with Crippen LogP contribution in [-0.4, -0.2) is 25.1 Å². The molecule has 5 nitrogen and oxygen atoms in total. The van der Waals surface area contributed by atoms with Crippen LogP contribution in [0.5, 0.6) is 5.75 Å². The molecule has 0 bridgehead atoms. The number of carbonyl (C=O) groups is 2. The smallest absolute Gasteiger partial charge is 0.309 e. The van der Waals surface area contributed by atoms with Crippen molar-refractivity contribution in [2.75, 3.05) is 13.2 Å². The maximum Gasteiger partial charge on any atom is 0.309 e. The molecule has 2 N–H and O–H groups in total. The van der Waals surface area contributed by atoms with Crippen molar-refractivity contribution in [2.45, 2.75) is 13.3 Å². The van der Waals surface area contributed by atoms with Crippen LogP contribution in [0.1, 0.15) is 23.7 Å². The summed E-state index contributed by atoms with van der Waals surface area (Å²) in [6, 6.07) is 6.40. The van der Waals surface area contributed by atoms with Gasteiger partial charge in [-0.1, -0.05) is 0 Å². The van der Waals surface area contributed by atoms with Crippen molar-refractivity contribution in [3.8, 4) is 5.75 Å². The van der Waals surface area contributed by atoms with Gasteiger partial charge in [0, 0.05) is 5.56 Å². The fourth-order valence-electron chi connectivity index (χ4n) is 1.20. The molecule has 92 valence electrons. The van der Waals surface area contributed by atoms with Crippen molar-refractivity contribution in [1.82, 2.24) is 0 Å². The van der Waals surface area contributed by atoms with Gasteiger partial charge in [0.2, 0.25) is 5.91 Å². The second-order valence-electron chi connectivity index (χ2n) is 3.29. The van der Waals surface area contributed by atoms with Gasteiger partial charge in [-0.3, -0.25) is 9.59 Å². The lowest BCUT2D eigenvalue weighted by atomic mass is 10.2. The van der Waals surface area contributed by atoms with Crippen LogP contribution in [0.25, 0.3) is 0 Å². The van der Waals surface area contributed by atoms with Crippen molar-refractivity contribution < 1.29 is 19.1 Å². The second kappa shape index (κ2) is 6.52. The van der Waals surface area contributed by atoms with Crippen LogP contribution in [0, 0.1) is 0 Å². The number of benzene rings is 1. The van der Waals surface area contributed by atoms with E-state index in [1.165, 1.54) is 0 Å². The zero-order valence-corrected chi connectivity index (χ0v) is 9.64. The molecule has 0 radical (unpaired) electrons. The van der Waals surface area contributed by atoms with Gasteiger partial charge in [0.1, 0.15) is 5.75 Å². The molecule has 0 spiro atoms. The first-order chi connectivity index (χ1) is 8.13. The molecule has 1 rings (SSSR count). The summed E-state index contributed by atoms with van der Waals surface area (Å²) in [6.07, 6.45) is 0.200. The van der Waals surface area contributed by atoms with Gasteiger partial charge in [-0.05, 0) is 31.2 Å². The minimum Gasteiger partial charge on any atom is -0.493 e. The molecule has 1 amide bonds. The highest BCUT2D eigenvalue weighted by molar-refractivity contribution is 5.92. The highest BCUT2D eigenvalue weighted by atomic mass is 16.5. The van der Waals surface area contributed by atoms with Crippen molar-refractivity contribution in [3.63, 3.8) is 0 Å². The number of hydrogen-bond acceptors (Lipinski definition) is 4. The standard InChI is InChI=1S/C12H15NO4/c1-2-16-11(14)7-8-17-10-5-3-9(4-6-10)12(13)15/h3-6H,2,7-8H2,1H3,(H2,13,15). The third-order valence-electron chi connectivity index (χ3n) is 2.02. The number of nitrogens with two attached hydrogens (primary N) is 1. The van der Waals surface area contributed by atoms with Crippen LogP contribution in [0.4, 0.5) is 0 Å². The van der Waals surface area contributed by atoms with Gasteiger partial charge in [-0.25, -0.2) is 0 Å². The molecular formula is C12H15NO4. The molecule has 1 aromatic rings. The Morgan fingerprint density at radius 2 is 1.88 bits per heavy atom. The highest BCUT2D eigenvalue weighted by Crippen LogP contribution is 2.12. The minimum absolute atomic E-state index is 0.200. The zero-order valence-electron chi connectivity index (χ0n) is 9.64. The molecule has 0 atom stereocenters. The van der Waals surface area contributed by atoms with Crippen molar-refractivity contribution >= 4 is 11.9 Å². The van der Waals surface area contributed by atoms with Crippen LogP contribution in [0.2, 0.25) is 0 Å². The largest absolute Gasteiger partial charge is 0.493 e. The number of rotatable bonds is 6. The summed E-state index contributed by atoms with van der Waals surface area (Å²) in [4.78, 5) is 21.8. The first-order valence-electron chi connectivity index (χ1n) is 5.31. The highest BCUT2D eigenvalue weighted by Gasteiger charge is 2.03. The quantitative estimate of drug-likeness (QED) is 0.752. The van der Waals surface area contributed by atoms with E-state index in [1.807, 2.05) is 0 Å². The summed E-state index contributed by atoms with van der Waals surface area (Å²) in [7, 11) is 0. The Balaban J connectivity index is 2.37. The lowest BCUT2D eigenvalue weighted by Crippen LogP contribution is -2.11. The Hall–Kier alpha value is -2.04. The topological polar surface area (TPSA) is 78.6 Å². The van der Waals surface area contributed by atoms with Gasteiger partial charge < -0.3 is 15.2 Å². The van der Waals surface area contributed by atoms with Gasteiger partial charge in [0.25, 0.3) is 0 Å². The van der Waals surface area contributed by atoms with Crippen LogP contribution >= 0.6 is 0 Å². The lowest BCUT2D eigenvalue weighted by Gasteiger charge is -2.06. The lowest BCUT2D eigenvalue weighted by molar-refractivity contribution is -0.143. The van der Waals surface area contributed by atoms with E-state index in [0.717, 1.165) is 0 Å². The number of ether oxygens (including phenoxy) is 2. The van der Waals surface area contributed by atoms with Gasteiger partial charge in [-0.15, -0.1) is 0 Å². The first kappa shape index (κ1) is 13.0. The summed E-state index contributed by atoms with van der Waals surface area (Å²) in [6.45, 7) is 2.36. The van der Waals surface area contributed by atoms with Gasteiger partial charge in [-0.2, -0.15) is 0 Å². The maximum atomic E-state index is 11.0. The fourth-order valence-corrected chi connectivity index (χ4v) is 1.20. The normalized spacial score (nSPS) is 9.71. The van der Waals surface area contributed by atoms with E-state index in [9.17, 15) is 9.59 Å². The zero-order chi connectivity index (χ0) is 12.7. The monoisotopic (exact) mass is 237 g/mol. The molecule has 1 aromatic carbocycles. The van der Waals surface area contributed by atoms with Crippen LogP contribution < -0.4 is 10.5 Å². The summed E-state index contributed by atoms with van der Waals surface area (Å²) in [5.74, 6) is -0.191. The fraction of sp³-hybridized carbons (Fsp3) is 0.333. The first-order valence-corrected chi connectivity index (χ1v) is 5.31. The predicted molar refractivity (Wildman–Crippen MR) is 61.7 cm³/mol. The van der Waals surface area contributed by atoms with Gasteiger partial charge in [0.15, 0.2) is 0 Å². The molecule has 0 aliphatic heterocycles. The van der Waals surface area contributed by atoms with Crippen molar-refractivity contribution in [3.05, 3.63) is 29.8 Å². The van der Waals surface area contributed by atoms with Crippen molar-refractivity contribution in [1.29, 1.82) is 0 Å². The molecule has 0 unspecified atom stereocenters. The molecule has 5 heteroatoms. The van der Waals surface area contributed by atoms with Gasteiger partial charge in [0.05, 0.1) is 19.6 Å². The third kappa shape index (κ3) is 4.55. The predicted octanol–water partition coefficient (Wildman–Crippen LogP) is 1.12. The summed E-state index contributed by atoms with van der Waals surface area (Å²) >= 11 is 0. The molecular weight excluding hydrogens is 222 g/mol. The third-order valence-corrected chi connectivity index (χ3v) is 2.02.